The summed E-state index contributed by atoms with van der Waals surface area (Å²) < 4.78 is 0. The number of thiophene rings is 1. The fraction of sp³-hybridized carbons (Fsp3) is 0.0667. The molecule has 0 saturated heterocycles. The number of nitrogens with zero attached hydrogens (tertiary/aromatic N) is 1. The molecule has 0 spiro atoms. The third-order valence-corrected chi connectivity index (χ3v) is 4.61. The second kappa shape index (κ2) is 5.56. The van der Waals surface area contributed by atoms with E-state index in [1.54, 1.807) is 17.5 Å². The van der Waals surface area contributed by atoms with Crippen LogP contribution < -0.4 is 5.32 Å². The first-order valence-corrected chi connectivity index (χ1v) is 7.80. The van der Waals surface area contributed by atoms with Crippen molar-refractivity contribution < 1.29 is 4.79 Å². The molecule has 100 valence electrons. The van der Waals surface area contributed by atoms with Gasteiger partial charge >= 0.3 is 0 Å². The van der Waals surface area contributed by atoms with Gasteiger partial charge in [-0.25, -0.2) is 4.98 Å². The number of aromatic nitrogens is 1. The molecule has 2 heterocycles. The summed E-state index contributed by atoms with van der Waals surface area (Å²) in [5, 5.41) is 5.83. The minimum atomic E-state index is -0.0647. The highest BCUT2D eigenvalue weighted by molar-refractivity contribution is 7.14. The van der Waals surface area contributed by atoms with Gasteiger partial charge in [0.25, 0.3) is 5.91 Å². The van der Waals surface area contributed by atoms with Gasteiger partial charge in [-0.05, 0) is 43.3 Å². The molecular weight excluding hydrogens is 288 g/mol. The van der Waals surface area contributed by atoms with Crippen LogP contribution in [0.25, 0.3) is 10.6 Å². The molecule has 0 aliphatic rings. The maximum Gasteiger partial charge on any atom is 0.265 e. The maximum absolute atomic E-state index is 12.0. The van der Waals surface area contributed by atoms with Gasteiger partial charge in [-0.1, -0.05) is 0 Å². The molecule has 0 saturated carbocycles. The lowest BCUT2D eigenvalue weighted by molar-refractivity contribution is 0.103. The Morgan fingerprint density at radius 3 is 2.55 bits per heavy atom. The molecule has 0 aliphatic carbocycles. The van der Waals surface area contributed by atoms with Crippen LogP contribution in [0, 0.1) is 6.92 Å². The smallest absolute Gasteiger partial charge is 0.265 e. The Morgan fingerprint density at radius 2 is 1.95 bits per heavy atom. The minimum absolute atomic E-state index is 0.0647. The Balaban J connectivity index is 1.74. The predicted molar refractivity (Wildman–Crippen MR) is 84.6 cm³/mol. The first-order valence-electron chi connectivity index (χ1n) is 6.10. The van der Waals surface area contributed by atoms with Crippen LogP contribution in [-0.4, -0.2) is 10.9 Å². The molecule has 0 radical (unpaired) electrons. The van der Waals surface area contributed by atoms with Crippen LogP contribution in [0.15, 0.2) is 48.0 Å². The largest absolute Gasteiger partial charge is 0.321 e. The number of amides is 1. The van der Waals surface area contributed by atoms with E-state index in [4.69, 9.17) is 0 Å². The Bertz CT molecular complexity index is 715. The van der Waals surface area contributed by atoms with Crippen LogP contribution in [0.4, 0.5) is 5.69 Å². The van der Waals surface area contributed by atoms with E-state index >= 15 is 0 Å². The number of anilines is 1. The van der Waals surface area contributed by atoms with E-state index in [9.17, 15) is 4.79 Å². The Kier molecular flexibility index (Phi) is 3.62. The van der Waals surface area contributed by atoms with Gasteiger partial charge in [-0.3, -0.25) is 4.79 Å². The molecule has 1 aromatic carbocycles. The summed E-state index contributed by atoms with van der Waals surface area (Å²) >= 11 is 3.09. The quantitative estimate of drug-likeness (QED) is 0.777. The van der Waals surface area contributed by atoms with Crippen LogP contribution in [0.3, 0.4) is 0 Å². The van der Waals surface area contributed by atoms with Crippen molar-refractivity contribution in [2.45, 2.75) is 6.92 Å². The van der Waals surface area contributed by atoms with Crippen molar-refractivity contribution in [1.29, 1.82) is 0 Å². The molecule has 3 aromatic rings. The highest BCUT2D eigenvalue weighted by atomic mass is 32.1. The summed E-state index contributed by atoms with van der Waals surface area (Å²) in [6, 6.07) is 11.5. The number of rotatable bonds is 3. The molecule has 1 N–H and O–H groups in total. The van der Waals surface area contributed by atoms with Gasteiger partial charge in [-0.15, -0.1) is 22.7 Å². The van der Waals surface area contributed by atoms with Gasteiger partial charge in [0.15, 0.2) is 0 Å². The van der Waals surface area contributed by atoms with Crippen molar-refractivity contribution in [2.24, 2.45) is 0 Å². The molecule has 1 amide bonds. The molecule has 0 bridgehead atoms. The van der Waals surface area contributed by atoms with Gasteiger partial charge < -0.3 is 5.32 Å². The molecule has 3 rings (SSSR count). The summed E-state index contributed by atoms with van der Waals surface area (Å²) in [6.45, 7) is 1.99. The van der Waals surface area contributed by atoms with Crippen LogP contribution in [0.2, 0.25) is 0 Å². The number of carbonyl (C=O) groups is 1. The van der Waals surface area contributed by atoms with Gasteiger partial charge in [0, 0.05) is 27.7 Å². The molecular formula is C15H12N2OS2. The summed E-state index contributed by atoms with van der Waals surface area (Å²) in [6.07, 6.45) is 1.79. The minimum Gasteiger partial charge on any atom is -0.321 e. The van der Waals surface area contributed by atoms with E-state index in [1.807, 2.05) is 48.7 Å². The third-order valence-electron chi connectivity index (χ3n) is 2.79. The molecule has 5 heteroatoms. The first-order chi connectivity index (χ1) is 9.72. The average molecular weight is 300 g/mol. The van der Waals surface area contributed by atoms with Crippen molar-refractivity contribution in [3.05, 3.63) is 57.7 Å². The SMILES string of the molecule is Cc1ccc(C(=O)Nc2ccc(-c3nccs3)cc2)s1. The zero-order valence-corrected chi connectivity index (χ0v) is 12.4. The summed E-state index contributed by atoms with van der Waals surface area (Å²) in [5.74, 6) is -0.0647. The van der Waals surface area contributed by atoms with Crippen molar-refractivity contribution in [3.8, 4) is 10.6 Å². The fourth-order valence-electron chi connectivity index (χ4n) is 1.81. The predicted octanol–water partition coefficient (Wildman–Crippen LogP) is 4.43. The standard InChI is InChI=1S/C15H12N2OS2/c1-10-2-7-13(20-10)14(18)17-12-5-3-11(4-6-12)15-16-8-9-19-15/h2-9H,1H3,(H,17,18). The lowest BCUT2D eigenvalue weighted by Crippen LogP contribution is -2.09. The molecule has 2 aromatic heterocycles. The van der Waals surface area contributed by atoms with Crippen LogP contribution in [0.1, 0.15) is 14.5 Å². The molecule has 0 atom stereocenters. The Hall–Kier alpha value is -1.98. The number of carbonyl (C=O) groups excluding carboxylic acids is 1. The van der Waals surface area contributed by atoms with Crippen molar-refractivity contribution >= 4 is 34.3 Å². The fourth-order valence-corrected chi connectivity index (χ4v) is 3.22. The first kappa shape index (κ1) is 13.0. The topological polar surface area (TPSA) is 42.0 Å². The highest BCUT2D eigenvalue weighted by Gasteiger charge is 2.08. The Labute approximate surface area is 124 Å². The average Bonchev–Trinajstić information content (AvgIpc) is 3.10. The molecule has 3 nitrogen and oxygen atoms in total. The normalized spacial score (nSPS) is 10.4. The lowest BCUT2D eigenvalue weighted by Gasteiger charge is -2.04. The van der Waals surface area contributed by atoms with E-state index in [0.29, 0.717) is 0 Å². The van der Waals surface area contributed by atoms with Gasteiger partial charge in [0.1, 0.15) is 5.01 Å². The second-order valence-electron chi connectivity index (χ2n) is 4.28. The molecule has 0 fully saturated rings. The van der Waals surface area contributed by atoms with Gasteiger partial charge in [0.2, 0.25) is 0 Å². The Morgan fingerprint density at radius 1 is 1.15 bits per heavy atom. The zero-order valence-electron chi connectivity index (χ0n) is 10.8. The van der Waals surface area contributed by atoms with E-state index in [0.717, 1.165) is 26.0 Å². The number of thiazole rings is 1. The number of hydrogen-bond acceptors (Lipinski definition) is 4. The highest BCUT2D eigenvalue weighted by Crippen LogP contribution is 2.24. The number of aryl methyl sites for hydroxylation is 1. The molecule has 20 heavy (non-hydrogen) atoms. The van der Waals surface area contributed by atoms with Crippen molar-refractivity contribution in [1.82, 2.24) is 4.98 Å². The maximum atomic E-state index is 12.0. The zero-order chi connectivity index (χ0) is 13.9. The monoisotopic (exact) mass is 300 g/mol. The van der Waals surface area contributed by atoms with Gasteiger partial charge in [0.05, 0.1) is 4.88 Å². The van der Waals surface area contributed by atoms with E-state index in [-0.39, 0.29) is 5.91 Å². The third kappa shape index (κ3) is 2.79. The number of benzene rings is 1. The molecule has 0 unspecified atom stereocenters. The summed E-state index contributed by atoms with van der Waals surface area (Å²) in [4.78, 5) is 18.2. The van der Waals surface area contributed by atoms with Crippen molar-refractivity contribution in [2.75, 3.05) is 5.32 Å². The second-order valence-corrected chi connectivity index (χ2v) is 6.46. The van der Waals surface area contributed by atoms with Gasteiger partial charge in [-0.2, -0.15) is 0 Å². The van der Waals surface area contributed by atoms with E-state index in [2.05, 4.69) is 10.3 Å². The number of nitrogens with one attached hydrogen (secondary N) is 1. The van der Waals surface area contributed by atoms with Crippen LogP contribution in [0.5, 0.6) is 0 Å². The van der Waals surface area contributed by atoms with E-state index in [1.165, 1.54) is 11.3 Å². The molecule has 0 aliphatic heterocycles. The summed E-state index contributed by atoms with van der Waals surface area (Å²) in [7, 11) is 0. The summed E-state index contributed by atoms with van der Waals surface area (Å²) in [5.41, 5.74) is 1.85. The van der Waals surface area contributed by atoms with Crippen LogP contribution in [-0.2, 0) is 0 Å². The van der Waals surface area contributed by atoms with Crippen LogP contribution >= 0.6 is 22.7 Å². The van der Waals surface area contributed by atoms with Crippen molar-refractivity contribution in [3.63, 3.8) is 0 Å². The lowest BCUT2D eigenvalue weighted by atomic mass is 10.2. The number of hydrogen-bond donors (Lipinski definition) is 1. The van der Waals surface area contributed by atoms with E-state index < -0.39 is 0 Å².